The standard InChI is InChI=1S/C85H97ClN12O24/c1-6-88-14-16-116-46-24-44(25-47(33-46)117-17-15-89-7-2)76(107)91-60(102)34-53-78(109)93-64-43-29-58-73(120-84-72(106)71(105)75-74(121-84)65(98-85(115)122-75)49-27-39(9-12-56(49)118-58)69(103)67(82(113)90-53)96-77(108)52(87-5)18-35(3)4)59(30-43)119-57-13-10-40(28-51(57)86)70(104)68-83(114)95-66(81(112)92-62-41-20-36-19-37(22-41)23-42(62)21-36)50-31-45(99)32-55(101)61(50)48-26-38(8-11-54(48)100)63(79(110)97-68)94-80(64)111/h8-13,24-33,35-37,41-42,52-53,62-72,74-75,84,87-89,99-101,103-106H,6-7,14-23,34H2,1-5H3,(H,90,113)(H,92,112)(H,93,109)(H,94,111)(H,95,114)(H,96,108)(H,97,110)(H,98,115)(H,91,102,107)/t36?,37?,41?,42?,52-,53+,62?,63-,64-,65?,66+,67-,68+,69-,70-,71-,72-,74-,75+,84-/m1/s1. The number of aliphatic hydroxyl groups is 4. The Morgan fingerprint density at radius 3 is 1.87 bits per heavy atom. The van der Waals surface area contributed by atoms with Gasteiger partial charge in [-0.25, -0.2) is 4.79 Å². The summed E-state index contributed by atoms with van der Waals surface area (Å²) in [6, 6.07) is 3.06. The number of hydrogen-bond acceptors (Lipinski definition) is 27. The Labute approximate surface area is 703 Å². The molecule has 0 spiro atoms. The minimum Gasteiger partial charge on any atom is -0.508 e. The van der Waals surface area contributed by atoms with E-state index < -0.39 is 197 Å². The summed E-state index contributed by atoms with van der Waals surface area (Å²) in [5, 5.41) is 118. The van der Waals surface area contributed by atoms with Crippen LogP contribution in [-0.4, -0.2) is 202 Å². The number of aliphatic hydroxyl groups excluding tert-OH is 4. The van der Waals surface area contributed by atoms with Gasteiger partial charge < -0.3 is 127 Å². The molecule has 18 rings (SSSR count). The number of ether oxygens (including phenoxy) is 7. The highest BCUT2D eigenvalue weighted by Gasteiger charge is 2.56. The lowest BCUT2D eigenvalue weighted by Crippen LogP contribution is -2.66. The molecule has 19 N–H and O–H groups in total. The number of alkyl carbamates (subject to hydrolysis) is 1. The normalized spacial score (nSPS) is 28.2. The van der Waals surface area contributed by atoms with E-state index in [2.05, 4.69) is 63.8 Å². The second-order valence-corrected chi connectivity index (χ2v) is 33.1. The van der Waals surface area contributed by atoms with Crippen LogP contribution in [0, 0.1) is 29.6 Å². The maximum atomic E-state index is 16.6. The maximum Gasteiger partial charge on any atom is 0.408 e. The highest BCUT2D eigenvalue weighted by molar-refractivity contribution is 6.32. The van der Waals surface area contributed by atoms with E-state index in [1.54, 1.807) is 0 Å². The molecule has 0 aromatic heterocycles. The van der Waals surface area contributed by atoms with Gasteiger partial charge in [-0.2, -0.15) is 0 Å². The van der Waals surface area contributed by atoms with E-state index >= 15 is 33.6 Å². The van der Waals surface area contributed by atoms with Crippen LogP contribution in [-0.2, 0) is 47.8 Å². The molecule has 37 heteroatoms. The second-order valence-electron chi connectivity index (χ2n) is 32.7. The van der Waals surface area contributed by atoms with Crippen LogP contribution in [0.3, 0.4) is 0 Å². The third-order valence-corrected chi connectivity index (χ3v) is 24.2. The summed E-state index contributed by atoms with van der Waals surface area (Å²) in [6.07, 6.45) is -11.5. The molecular weight excluding hydrogens is 1610 g/mol. The van der Waals surface area contributed by atoms with Crippen LogP contribution in [0.1, 0.15) is 153 Å². The largest absolute Gasteiger partial charge is 0.508 e. The highest BCUT2D eigenvalue weighted by Crippen LogP contribution is 2.55. The number of aromatic hydroxyl groups is 3. The molecule has 122 heavy (non-hydrogen) atoms. The van der Waals surface area contributed by atoms with Crippen molar-refractivity contribution in [3.8, 4) is 68.6 Å². The number of imide groups is 1. The molecule has 12 aliphatic rings. The first-order valence-electron chi connectivity index (χ1n) is 40.8. The summed E-state index contributed by atoms with van der Waals surface area (Å²) in [5.74, 6) is -13.9. The SMILES string of the molecule is CCNCCOc1cc(OCCNCC)cc(C(=O)NC(=O)C[C@@H]2NC(=O)[C@H](NC(=O)[C@@H](CC(C)C)NC)[C@H](O)c3ccc4c(c3)C3NC(=O)O[C@H]5[C@H](O)[C@@H](O)[C@H](Oc6c7cc(cc6O4)[C@@H](NC2=O)C(=O)N[C@H]2C(=O)N[C@H](C(=O)N[C@H](C(=O)NC4C6CC8CC(C6)CC4C8)c4cc(O)cc(O)c4-c4cc2ccc4O)[C@H](O)c2ccc(c(Cl)c2)O7)O[C@H]35)c1. The van der Waals surface area contributed by atoms with E-state index in [0.717, 1.165) is 80.6 Å². The monoisotopic (exact) mass is 1700 g/mol. The summed E-state index contributed by atoms with van der Waals surface area (Å²) >= 11 is 7.23. The zero-order valence-electron chi connectivity index (χ0n) is 67.0. The molecule has 1 unspecified atom stereocenters. The van der Waals surface area contributed by atoms with Crippen molar-refractivity contribution in [3.05, 3.63) is 141 Å². The molecule has 4 aliphatic carbocycles. The Hall–Kier alpha value is -11.6. The van der Waals surface area contributed by atoms with Crippen molar-refractivity contribution in [2.24, 2.45) is 29.6 Å². The summed E-state index contributed by atoms with van der Waals surface area (Å²) in [4.78, 5) is 154. The van der Waals surface area contributed by atoms with E-state index in [0.29, 0.717) is 38.0 Å². The van der Waals surface area contributed by atoms with Crippen molar-refractivity contribution in [2.75, 3.05) is 46.4 Å². The number of nitrogens with one attached hydrogen (secondary N) is 12. The number of phenols is 3. The van der Waals surface area contributed by atoms with Gasteiger partial charge in [0.1, 0.15) is 120 Å². The minimum atomic E-state index is -2.37. The van der Waals surface area contributed by atoms with Gasteiger partial charge in [0.15, 0.2) is 17.6 Å². The Balaban J connectivity index is 0.908. The Kier molecular flexibility index (Phi) is 25.1. The van der Waals surface area contributed by atoms with Crippen molar-refractivity contribution in [2.45, 2.75) is 170 Å². The molecule has 4 saturated carbocycles. The van der Waals surface area contributed by atoms with Crippen molar-refractivity contribution in [3.63, 3.8) is 0 Å². The first kappa shape index (κ1) is 85.4. The van der Waals surface area contributed by atoms with E-state index in [1.165, 1.54) is 55.6 Å². The predicted molar refractivity (Wildman–Crippen MR) is 430 cm³/mol. The Morgan fingerprint density at radius 2 is 1.21 bits per heavy atom. The van der Waals surface area contributed by atoms with Gasteiger partial charge in [0.05, 0.1) is 23.5 Å². The van der Waals surface area contributed by atoms with Crippen LogP contribution < -0.4 is 87.5 Å². The number of fused-ring (bicyclic) bond motifs is 15. The van der Waals surface area contributed by atoms with Crippen molar-refractivity contribution >= 4 is 70.9 Å². The van der Waals surface area contributed by atoms with E-state index in [1.807, 2.05) is 27.7 Å². The molecule has 6 fully saturated rings. The van der Waals surface area contributed by atoms with Gasteiger partial charge in [-0.15, -0.1) is 0 Å². The van der Waals surface area contributed by atoms with Crippen LogP contribution in [0.2, 0.25) is 5.02 Å². The highest BCUT2D eigenvalue weighted by atomic mass is 35.5. The summed E-state index contributed by atoms with van der Waals surface area (Å²) in [5.41, 5.74) is -2.43. The third-order valence-electron chi connectivity index (χ3n) is 23.9. The van der Waals surface area contributed by atoms with Crippen LogP contribution in [0.5, 0.6) is 57.5 Å². The number of carbonyl (C=O) groups excluding carboxylic acids is 10. The number of hydrogen-bond donors (Lipinski definition) is 19. The van der Waals surface area contributed by atoms with Gasteiger partial charge in [0.2, 0.25) is 59.3 Å². The van der Waals surface area contributed by atoms with Crippen molar-refractivity contribution < 1.29 is 117 Å². The summed E-state index contributed by atoms with van der Waals surface area (Å²) in [6.45, 7) is 9.74. The lowest BCUT2D eigenvalue weighted by molar-refractivity contribution is -0.284. The molecule has 18 bridgehead atoms. The zero-order chi connectivity index (χ0) is 86.4. The molecule has 0 radical (unpaired) electrons. The van der Waals surface area contributed by atoms with Gasteiger partial charge >= 0.3 is 6.09 Å². The lowest BCUT2D eigenvalue weighted by atomic mass is 9.54. The molecule has 6 aromatic carbocycles. The third kappa shape index (κ3) is 17.7. The maximum absolute atomic E-state index is 16.6. The lowest BCUT2D eigenvalue weighted by Gasteiger charge is -2.54. The number of amides is 10. The molecule has 10 amide bonds. The number of likely N-dealkylation sites (N-methyl/N-ethyl adjacent to an activating group) is 3. The van der Waals surface area contributed by atoms with Gasteiger partial charge in [-0.1, -0.05) is 57.5 Å². The van der Waals surface area contributed by atoms with Crippen molar-refractivity contribution in [1.29, 1.82) is 0 Å². The van der Waals surface area contributed by atoms with Gasteiger partial charge in [0.25, 0.3) is 5.91 Å². The molecule has 36 nitrogen and oxygen atoms in total. The number of benzene rings is 6. The molecular formula is C85H97ClN12O24. The molecule has 15 atom stereocenters. The van der Waals surface area contributed by atoms with Gasteiger partial charge in [-0.3, -0.25) is 48.5 Å². The van der Waals surface area contributed by atoms with Crippen molar-refractivity contribution in [1.82, 2.24) is 63.8 Å². The number of halogens is 1. The van der Waals surface area contributed by atoms with E-state index in [4.69, 9.17) is 44.8 Å². The number of rotatable bonds is 20. The molecule has 648 valence electrons. The van der Waals surface area contributed by atoms with E-state index in [9.17, 15) is 50.1 Å². The number of phenolic OH excluding ortho intramolecular Hbond substituents is 3. The Morgan fingerprint density at radius 1 is 0.582 bits per heavy atom. The minimum absolute atomic E-state index is 0.0691. The first-order chi connectivity index (χ1) is 58.5. The number of carbonyl (C=O) groups is 10. The quantitative estimate of drug-likeness (QED) is 0.0487. The molecule has 8 heterocycles. The van der Waals surface area contributed by atoms with Gasteiger partial charge in [-0.05, 0) is 183 Å². The van der Waals surface area contributed by atoms with E-state index in [-0.39, 0.29) is 116 Å². The fourth-order valence-electron chi connectivity index (χ4n) is 18.2. The molecule has 2 saturated heterocycles. The summed E-state index contributed by atoms with van der Waals surface area (Å²) < 4.78 is 44.3. The Bertz CT molecular complexity index is 5060. The fraction of sp³-hybridized carbons (Fsp3) is 0.459. The van der Waals surface area contributed by atoms with Gasteiger partial charge in [0, 0.05) is 53.5 Å². The molecule has 6 aromatic rings. The molecule has 8 aliphatic heterocycles. The zero-order valence-corrected chi connectivity index (χ0v) is 67.8. The van der Waals surface area contributed by atoms with Crippen LogP contribution >= 0.6 is 11.6 Å². The topological polar surface area (TPSA) is 521 Å². The van der Waals surface area contributed by atoms with Crippen LogP contribution in [0.25, 0.3) is 11.1 Å². The fourth-order valence-corrected chi connectivity index (χ4v) is 18.4. The predicted octanol–water partition coefficient (Wildman–Crippen LogP) is 3.33. The second kappa shape index (κ2) is 35.8. The van der Waals surface area contributed by atoms with Crippen LogP contribution in [0.15, 0.2) is 97.1 Å². The average Bonchev–Trinajstić information content (AvgIpc) is 0.743. The summed E-state index contributed by atoms with van der Waals surface area (Å²) in [7, 11) is 1.47. The van der Waals surface area contributed by atoms with Crippen LogP contribution in [0.4, 0.5) is 4.79 Å². The first-order valence-corrected chi connectivity index (χ1v) is 41.2. The smallest absolute Gasteiger partial charge is 0.408 e. The average molecular weight is 1710 g/mol.